The molecular weight excluding hydrogens is 386 g/mol. The Hall–Kier alpha value is -3.45. The van der Waals surface area contributed by atoms with Gasteiger partial charge in [0.25, 0.3) is 15.9 Å². The highest BCUT2D eigenvalue weighted by Gasteiger charge is 2.19. The zero-order valence-electron chi connectivity index (χ0n) is 16.0. The first-order chi connectivity index (χ1) is 13.9. The molecule has 0 saturated carbocycles. The minimum atomic E-state index is -3.75. The van der Waals surface area contributed by atoms with Crippen LogP contribution in [0.1, 0.15) is 11.1 Å². The van der Waals surface area contributed by atoms with E-state index in [1.165, 1.54) is 0 Å². The Bertz CT molecular complexity index is 1260. The molecule has 1 aromatic heterocycles. The highest BCUT2D eigenvalue weighted by Crippen LogP contribution is 2.30. The summed E-state index contributed by atoms with van der Waals surface area (Å²) in [6, 6.07) is 21.3. The van der Waals surface area contributed by atoms with Gasteiger partial charge in [-0.2, -0.15) is 4.98 Å². The smallest absolute Gasteiger partial charge is 0.261 e. The quantitative estimate of drug-likeness (QED) is 0.514. The maximum Gasteiger partial charge on any atom is 0.261 e. The van der Waals surface area contributed by atoms with E-state index < -0.39 is 10.0 Å². The fraction of sp³-hybridized carbons (Fsp3) is 0.0909. The van der Waals surface area contributed by atoms with Crippen LogP contribution >= 0.6 is 0 Å². The van der Waals surface area contributed by atoms with Crippen LogP contribution in [0.25, 0.3) is 22.8 Å². The van der Waals surface area contributed by atoms with E-state index in [0.29, 0.717) is 17.1 Å². The first kappa shape index (κ1) is 18.9. The number of nitrogens with zero attached hydrogens (tertiary/aromatic N) is 2. The summed E-state index contributed by atoms with van der Waals surface area (Å²) >= 11 is 0. The van der Waals surface area contributed by atoms with Gasteiger partial charge in [0.05, 0.1) is 16.1 Å². The molecule has 29 heavy (non-hydrogen) atoms. The van der Waals surface area contributed by atoms with Gasteiger partial charge in [-0.15, -0.1) is 0 Å². The predicted molar refractivity (Wildman–Crippen MR) is 112 cm³/mol. The number of rotatable bonds is 5. The SMILES string of the molecule is Cc1ccc(S(=O)(=O)Nc2ccccc2-c2nc(-c3ccccc3C)no2)cc1. The molecule has 0 aliphatic heterocycles. The van der Waals surface area contributed by atoms with E-state index in [-0.39, 0.29) is 10.8 Å². The van der Waals surface area contributed by atoms with Crippen molar-refractivity contribution in [3.63, 3.8) is 0 Å². The van der Waals surface area contributed by atoms with E-state index in [0.717, 1.165) is 16.7 Å². The minimum absolute atomic E-state index is 0.184. The van der Waals surface area contributed by atoms with Crippen molar-refractivity contribution < 1.29 is 12.9 Å². The molecule has 7 heteroatoms. The number of sulfonamides is 1. The summed E-state index contributed by atoms with van der Waals surface area (Å²) in [4.78, 5) is 4.66. The van der Waals surface area contributed by atoms with Crippen LogP contribution in [0.15, 0.2) is 82.2 Å². The summed E-state index contributed by atoms with van der Waals surface area (Å²) in [5.41, 5.74) is 3.75. The molecule has 1 N–H and O–H groups in total. The van der Waals surface area contributed by atoms with Gasteiger partial charge in [0.2, 0.25) is 5.82 Å². The lowest BCUT2D eigenvalue weighted by Gasteiger charge is -2.10. The van der Waals surface area contributed by atoms with Gasteiger partial charge in [-0.3, -0.25) is 4.72 Å². The highest BCUT2D eigenvalue weighted by molar-refractivity contribution is 7.92. The van der Waals surface area contributed by atoms with Crippen molar-refractivity contribution in [2.45, 2.75) is 18.7 Å². The molecule has 4 aromatic rings. The number of hydrogen-bond donors (Lipinski definition) is 1. The molecule has 0 fully saturated rings. The Labute approximate surface area is 169 Å². The van der Waals surface area contributed by atoms with Gasteiger partial charge in [0.1, 0.15) is 0 Å². The van der Waals surface area contributed by atoms with E-state index >= 15 is 0 Å². The van der Waals surface area contributed by atoms with Gasteiger partial charge in [0.15, 0.2) is 0 Å². The monoisotopic (exact) mass is 405 g/mol. The zero-order valence-corrected chi connectivity index (χ0v) is 16.8. The van der Waals surface area contributed by atoms with E-state index in [1.807, 2.05) is 38.1 Å². The molecule has 0 radical (unpaired) electrons. The van der Waals surface area contributed by atoms with Gasteiger partial charge < -0.3 is 4.52 Å². The summed E-state index contributed by atoms with van der Waals surface area (Å²) in [5, 5.41) is 4.07. The number of para-hydroxylation sites is 1. The molecular formula is C22H19N3O3S. The molecule has 6 nitrogen and oxygen atoms in total. The molecule has 3 aromatic carbocycles. The minimum Gasteiger partial charge on any atom is -0.334 e. The third-order valence-electron chi connectivity index (χ3n) is 4.55. The van der Waals surface area contributed by atoms with Crippen molar-refractivity contribution in [1.29, 1.82) is 0 Å². The molecule has 0 saturated heterocycles. The van der Waals surface area contributed by atoms with E-state index in [1.54, 1.807) is 48.5 Å². The Kier molecular flexibility index (Phi) is 4.90. The van der Waals surface area contributed by atoms with Crippen LogP contribution in [-0.2, 0) is 10.0 Å². The number of nitrogens with one attached hydrogen (secondary N) is 1. The summed E-state index contributed by atoms with van der Waals surface area (Å²) in [5.74, 6) is 0.694. The topological polar surface area (TPSA) is 85.1 Å². The summed E-state index contributed by atoms with van der Waals surface area (Å²) in [7, 11) is -3.75. The van der Waals surface area contributed by atoms with Gasteiger partial charge >= 0.3 is 0 Å². The van der Waals surface area contributed by atoms with Crippen LogP contribution in [0, 0.1) is 13.8 Å². The Morgan fingerprint density at radius 3 is 2.21 bits per heavy atom. The van der Waals surface area contributed by atoms with Gasteiger partial charge in [-0.1, -0.05) is 59.3 Å². The second kappa shape index (κ2) is 7.52. The Balaban J connectivity index is 1.69. The molecule has 0 bridgehead atoms. The van der Waals surface area contributed by atoms with Crippen LogP contribution in [0.5, 0.6) is 0 Å². The summed E-state index contributed by atoms with van der Waals surface area (Å²) < 4.78 is 33.6. The van der Waals surface area contributed by atoms with Crippen LogP contribution in [0.2, 0.25) is 0 Å². The van der Waals surface area contributed by atoms with Crippen LogP contribution in [0.3, 0.4) is 0 Å². The second-order valence-electron chi connectivity index (χ2n) is 6.70. The van der Waals surface area contributed by atoms with Crippen LogP contribution in [0.4, 0.5) is 5.69 Å². The number of aromatic nitrogens is 2. The van der Waals surface area contributed by atoms with Crippen molar-refractivity contribution in [1.82, 2.24) is 10.1 Å². The number of benzene rings is 3. The lowest BCUT2D eigenvalue weighted by Crippen LogP contribution is -2.13. The van der Waals surface area contributed by atoms with Gasteiger partial charge in [-0.05, 0) is 43.7 Å². The fourth-order valence-corrected chi connectivity index (χ4v) is 4.03. The second-order valence-corrected chi connectivity index (χ2v) is 8.38. The van der Waals surface area contributed by atoms with Crippen molar-refractivity contribution in [3.8, 4) is 22.8 Å². The van der Waals surface area contributed by atoms with E-state index in [2.05, 4.69) is 14.9 Å². The predicted octanol–water partition coefficient (Wildman–Crippen LogP) is 4.82. The normalized spacial score (nSPS) is 11.4. The summed E-state index contributed by atoms with van der Waals surface area (Å²) in [6.07, 6.45) is 0. The molecule has 0 aliphatic rings. The molecule has 0 spiro atoms. The first-order valence-electron chi connectivity index (χ1n) is 9.03. The average Bonchev–Trinajstić information content (AvgIpc) is 3.18. The standard InChI is InChI=1S/C22H19N3O3S/c1-15-11-13-17(14-12-15)29(26,27)25-20-10-6-5-9-19(20)22-23-21(24-28-22)18-8-4-3-7-16(18)2/h3-14,25H,1-2H3. The average molecular weight is 405 g/mol. The lowest BCUT2D eigenvalue weighted by molar-refractivity contribution is 0.432. The van der Waals surface area contributed by atoms with Crippen molar-refractivity contribution in [2.24, 2.45) is 0 Å². The van der Waals surface area contributed by atoms with Crippen molar-refractivity contribution in [2.75, 3.05) is 4.72 Å². The van der Waals surface area contributed by atoms with Crippen molar-refractivity contribution >= 4 is 15.7 Å². The zero-order chi connectivity index (χ0) is 20.4. The number of hydrogen-bond acceptors (Lipinski definition) is 5. The molecule has 0 atom stereocenters. The largest absolute Gasteiger partial charge is 0.334 e. The van der Waals surface area contributed by atoms with Gasteiger partial charge in [0, 0.05) is 5.56 Å². The first-order valence-corrected chi connectivity index (χ1v) is 10.5. The third kappa shape index (κ3) is 3.90. The number of aryl methyl sites for hydroxylation is 2. The lowest BCUT2D eigenvalue weighted by atomic mass is 10.1. The Morgan fingerprint density at radius 1 is 0.828 bits per heavy atom. The maximum absolute atomic E-state index is 12.8. The summed E-state index contributed by atoms with van der Waals surface area (Å²) in [6.45, 7) is 3.87. The maximum atomic E-state index is 12.8. The van der Waals surface area contributed by atoms with Crippen LogP contribution in [-0.4, -0.2) is 18.6 Å². The molecule has 0 aliphatic carbocycles. The number of anilines is 1. The fourth-order valence-electron chi connectivity index (χ4n) is 2.95. The van der Waals surface area contributed by atoms with E-state index in [9.17, 15) is 8.42 Å². The Morgan fingerprint density at radius 2 is 1.48 bits per heavy atom. The van der Waals surface area contributed by atoms with Gasteiger partial charge in [-0.25, -0.2) is 8.42 Å². The third-order valence-corrected chi connectivity index (χ3v) is 5.93. The molecule has 1 heterocycles. The molecule has 4 rings (SSSR count). The molecule has 0 unspecified atom stereocenters. The van der Waals surface area contributed by atoms with Crippen molar-refractivity contribution in [3.05, 3.63) is 83.9 Å². The highest BCUT2D eigenvalue weighted by atomic mass is 32.2. The molecule has 146 valence electrons. The van der Waals surface area contributed by atoms with E-state index in [4.69, 9.17) is 4.52 Å². The molecule has 0 amide bonds. The van der Waals surface area contributed by atoms with Crippen LogP contribution < -0.4 is 4.72 Å².